The Balaban J connectivity index is 2.05. The molecule has 0 aromatic heterocycles. The summed E-state index contributed by atoms with van der Waals surface area (Å²) >= 11 is 0. The molecule has 1 atom stereocenters. The molecule has 20 heavy (non-hydrogen) atoms. The normalized spacial score (nSPS) is 19.2. The predicted octanol–water partition coefficient (Wildman–Crippen LogP) is 2.09. The van der Waals surface area contributed by atoms with E-state index >= 15 is 0 Å². The summed E-state index contributed by atoms with van der Waals surface area (Å²) in [6, 6.07) is 3.86. The van der Waals surface area contributed by atoms with Gasteiger partial charge in [0, 0.05) is 25.7 Å². The van der Waals surface area contributed by atoms with Crippen molar-refractivity contribution in [2.24, 2.45) is 0 Å². The zero-order chi connectivity index (χ0) is 14.7. The molecule has 0 aliphatic carbocycles. The zero-order valence-corrected chi connectivity index (χ0v) is 12.0. The van der Waals surface area contributed by atoms with E-state index in [2.05, 4.69) is 11.8 Å². The molecule has 1 aromatic carbocycles. The summed E-state index contributed by atoms with van der Waals surface area (Å²) in [6.07, 6.45) is 2.24. The molecule has 0 saturated carbocycles. The van der Waals surface area contributed by atoms with Crippen molar-refractivity contribution in [3.8, 4) is 5.75 Å². The van der Waals surface area contributed by atoms with E-state index in [0.29, 0.717) is 12.6 Å². The first-order valence-corrected chi connectivity index (χ1v) is 7.01. The minimum absolute atomic E-state index is 0.148. The van der Waals surface area contributed by atoms with Crippen LogP contribution in [0.15, 0.2) is 18.2 Å². The van der Waals surface area contributed by atoms with E-state index in [1.165, 1.54) is 12.1 Å². The zero-order valence-electron chi connectivity index (χ0n) is 12.0. The summed E-state index contributed by atoms with van der Waals surface area (Å²) in [5, 5.41) is 9.67. The lowest BCUT2D eigenvalue weighted by Crippen LogP contribution is -2.41. The maximum Gasteiger partial charge on any atom is 0.257 e. The molecule has 1 amide bonds. The highest BCUT2D eigenvalue weighted by Gasteiger charge is 2.26. The van der Waals surface area contributed by atoms with E-state index in [1.807, 2.05) is 0 Å². The predicted molar refractivity (Wildman–Crippen MR) is 75.3 cm³/mol. The average Bonchev–Trinajstić information content (AvgIpc) is 2.85. The fourth-order valence-electron chi connectivity index (χ4n) is 2.81. The number of hydrogen-bond acceptors (Lipinski definition) is 3. The summed E-state index contributed by atoms with van der Waals surface area (Å²) in [6.45, 7) is 4.80. The lowest BCUT2D eigenvalue weighted by molar-refractivity contribution is 0.0751. The first-order valence-electron chi connectivity index (χ1n) is 7.01. The van der Waals surface area contributed by atoms with Crippen molar-refractivity contribution < 1.29 is 14.3 Å². The second-order valence-corrected chi connectivity index (χ2v) is 5.27. The van der Waals surface area contributed by atoms with Crippen molar-refractivity contribution in [2.75, 3.05) is 26.7 Å². The number of rotatable bonds is 4. The van der Waals surface area contributed by atoms with Gasteiger partial charge in [0.2, 0.25) is 0 Å². The number of amides is 1. The molecule has 1 heterocycles. The van der Waals surface area contributed by atoms with Gasteiger partial charge in [-0.15, -0.1) is 0 Å². The third kappa shape index (κ3) is 3.10. The van der Waals surface area contributed by atoms with Gasteiger partial charge in [-0.1, -0.05) is 6.92 Å². The number of hydrogen-bond donors (Lipinski definition) is 1. The summed E-state index contributed by atoms with van der Waals surface area (Å²) < 4.78 is 12.9. The average molecular weight is 280 g/mol. The van der Waals surface area contributed by atoms with Crippen LogP contribution >= 0.6 is 0 Å². The summed E-state index contributed by atoms with van der Waals surface area (Å²) in [5.41, 5.74) is 0.148. The Morgan fingerprint density at radius 2 is 2.30 bits per heavy atom. The van der Waals surface area contributed by atoms with Gasteiger partial charge in [0.15, 0.2) is 0 Å². The van der Waals surface area contributed by atoms with E-state index in [4.69, 9.17) is 0 Å². The van der Waals surface area contributed by atoms with Gasteiger partial charge in [-0.2, -0.15) is 0 Å². The van der Waals surface area contributed by atoms with E-state index in [-0.39, 0.29) is 17.2 Å². The van der Waals surface area contributed by atoms with Crippen molar-refractivity contribution in [3.05, 3.63) is 29.6 Å². The van der Waals surface area contributed by atoms with E-state index < -0.39 is 5.82 Å². The van der Waals surface area contributed by atoms with Crippen molar-refractivity contribution in [1.82, 2.24) is 9.80 Å². The number of likely N-dealkylation sites (N-methyl/N-ethyl adjacent to an activating group) is 2. The molecule has 0 bridgehead atoms. The van der Waals surface area contributed by atoms with Crippen LogP contribution in [0, 0.1) is 5.82 Å². The van der Waals surface area contributed by atoms with E-state index in [9.17, 15) is 14.3 Å². The Kier molecular flexibility index (Phi) is 4.60. The monoisotopic (exact) mass is 280 g/mol. The number of carbonyl (C=O) groups is 1. The van der Waals surface area contributed by atoms with E-state index in [1.54, 1.807) is 11.9 Å². The maximum absolute atomic E-state index is 12.9. The van der Waals surface area contributed by atoms with Crippen LogP contribution in [0.4, 0.5) is 4.39 Å². The lowest BCUT2D eigenvalue weighted by atomic mass is 10.1. The van der Waals surface area contributed by atoms with Gasteiger partial charge < -0.3 is 10.0 Å². The molecule has 1 N–H and O–H groups in total. The van der Waals surface area contributed by atoms with Crippen LogP contribution in [0.25, 0.3) is 0 Å². The van der Waals surface area contributed by atoms with Gasteiger partial charge in [0.25, 0.3) is 5.91 Å². The third-order valence-corrected chi connectivity index (χ3v) is 3.93. The molecule has 0 spiro atoms. The van der Waals surface area contributed by atoms with E-state index in [0.717, 1.165) is 32.0 Å². The largest absolute Gasteiger partial charge is 0.507 e. The van der Waals surface area contributed by atoms with Crippen LogP contribution in [0.1, 0.15) is 30.1 Å². The number of nitrogens with zero attached hydrogens (tertiary/aromatic N) is 2. The molecule has 5 heteroatoms. The smallest absolute Gasteiger partial charge is 0.257 e. The SMILES string of the molecule is CCN1CCCC1CN(C)C(=O)c1ccc(F)cc1O. The van der Waals surface area contributed by atoms with Crippen molar-refractivity contribution in [3.63, 3.8) is 0 Å². The number of benzene rings is 1. The Bertz CT molecular complexity index is 493. The quantitative estimate of drug-likeness (QED) is 0.918. The van der Waals surface area contributed by atoms with Crippen LogP contribution in [-0.4, -0.2) is 53.5 Å². The third-order valence-electron chi connectivity index (χ3n) is 3.93. The van der Waals surface area contributed by atoms with Crippen LogP contribution in [0.5, 0.6) is 5.75 Å². The van der Waals surface area contributed by atoms with Crippen molar-refractivity contribution in [2.45, 2.75) is 25.8 Å². The first kappa shape index (κ1) is 14.8. The molecular formula is C15H21FN2O2. The Hall–Kier alpha value is -1.62. The summed E-state index contributed by atoms with van der Waals surface area (Å²) in [5.74, 6) is -1.12. The van der Waals surface area contributed by atoms with Crippen LogP contribution in [0.3, 0.4) is 0 Å². The van der Waals surface area contributed by atoms with Crippen molar-refractivity contribution in [1.29, 1.82) is 0 Å². The Labute approximate surface area is 118 Å². The minimum Gasteiger partial charge on any atom is -0.507 e. The van der Waals surface area contributed by atoms with Gasteiger partial charge in [-0.3, -0.25) is 9.69 Å². The molecule has 4 nitrogen and oxygen atoms in total. The number of halogens is 1. The highest BCUT2D eigenvalue weighted by atomic mass is 19.1. The molecule has 0 radical (unpaired) electrons. The topological polar surface area (TPSA) is 43.8 Å². The number of aromatic hydroxyl groups is 1. The molecule has 2 rings (SSSR count). The molecular weight excluding hydrogens is 259 g/mol. The van der Waals surface area contributed by atoms with Crippen LogP contribution in [-0.2, 0) is 0 Å². The Morgan fingerprint density at radius 3 is 2.95 bits per heavy atom. The van der Waals surface area contributed by atoms with Crippen molar-refractivity contribution >= 4 is 5.91 Å². The molecule has 110 valence electrons. The number of carbonyl (C=O) groups excluding carboxylic acids is 1. The first-order chi connectivity index (χ1) is 9.52. The van der Waals surface area contributed by atoms with Gasteiger partial charge in [-0.25, -0.2) is 4.39 Å². The highest BCUT2D eigenvalue weighted by Crippen LogP contribution is 2.22. The Morgan fingerprint density at radius 1 is 1.55 bits per heavy atom. The number of phenols is 1. The van der Waals surface area contributed by atoms with Gasteiger partial charge in [-0.05, 0) is 38.1 Å². The van der Waals surface area contributed by atoms with Gasteiger partial charge in [0.1, 0.15) is 11.6 Å². The van der Waals surface area contributed by atoms with Gasteiger partial charge in [0.05, 0.1) is 5.56 Å². The number of phenolic OH excluding ortho intramolecular Hbond substituents is 1. The second-order valence-electron chi connectivity index (χ2n) is 5.27. The fourth-order valence-corrected chi connectivity index (χ4v) is 2.81. The second kappa shape index (κ2) is 6.22. The summed E-state index contributed by atoms with van der Waals surface area (Å²) in [4.78, 5) is 16.2. The number of likely N-dealkylation sites (tertiary alicyclic amines) is 1. The lowest BCUT2D eigenvalue weighted by Gasteiger charge is -2.28. The highest BCUT2D eigenvalue weighted by molar-refractivity contribution is 5.96. The maximum atomic E-state index is 12.9. The molecule has 1 unspecified atom stereocenters. The van der Waals surface area contributed by atoms with Crippen LogP contribution < -0.4 is 0 Å². The minimum atomic E-state index is -0.547. The molecule has 1 aliphatic heterocycles. The standard InChI is InChI=1S/C15H21FN2O2/c1-3-18-8-4-5-12(18)10-17(2)15(20)13-7-6-11(16)9-14(13)19/h6-7,9,12,19H,3-5,8,10H2,1-2H3. The fraction of sp³-hybridized carbons (Fsp3) is 0.533. The summed E-state index contributed by atoms with van der Waals surface area (Å²) in [7, 11) is 1.72. The van der Waals surface area contributed by atoms with Gasteiger partial charge >= 0.3 is 0 Å². The molecule has 1 aliphatic rings. The molecule has 1 fully saturated rings. The molecule has 1 aromatic rings. The van der Waals surface area contributed by atoms with Crippen LogP contribution in [0.2, 0.25) is 0 Å². The molecule has 1 saturated heterocycles.